The second kappa shape index (κ2) is 7.77. The Morgan fingerprint density at radius 3 is 2.57 bits per heavy atom. The Balaban J connectivity index is 2.11. The first kappa shape index (κ1) is 17.7. The van der Waals surface area contributed by atoms with Crippen LogP contribution in [0.2, 0.25) is 10.0 Å². The van der Waals surface area contributed by atoms with Crippen molar-refractivity contribution in [2.75, 3.05) is 20.6 Å². The van der Waals surface area contributed by atoms with E-state index in [0.717, 1.165) is 5.56 Å². The van der Waals surface area contributed by atoms with Crippen molar-refractivity contribution in [2.45, 2.75) is 6.04 Å². The molecule has 0 saturated carbocycles. The number of carbonyl (C=O) groups excluding carboxylic acids is 1. The van der Waals surface area contributed by atoms with Crippen molar-refractivity contribution >= 4 is 29.1 Å². The quantitative estimate of drug-likeness (QED) is 0.873. The number of nitrogens with one attached hydrogen (secondary N) is 1. The van der Waals surface area contributed by atoms with E-state index in [0.29, 0.717) is 22.2 Å². The topological polar surface area (TPSA) is 32.3 Å². The fourth-order valence-corrected chi connectivity index (χ4v) is 2.76. The van der Waals surface area contributed by atoms with Gasteiger partial charge in [0.25, 0.3) is 5.91 Å². The van der Waals surface area contributed by atoms with Crippen molar-refractivity contribution < 1.29 is 9.18 Å². The summed E-state index contributed by atoms with van der Waals surface area (Å²) in [4.78, 5) is 14.2. The third-order valence-corrected chi connectivity index (χ3v) is 4.04. The molecule has 1 atom stereocenters. The number of likely N-dealkylation sites (N-methyl/N-ethyl adjacent to an activating group) is 1. The molecule has 1 amide bonds. The minimum Gasteiger partial charge on any atom is -0.350 e. The Morgan fingerprint density at radius 1 is 1.22 bits per heavy atom. The molecule has 23 heavy (non-hydrogen) atoms. The van der Waals surface area contributed by atoms with Crippen LogP contribution in [0.15, 0.2) is 42.5 Å². The summed E-state index contributed by atoms with van der Waals surface area (Å²) in [5.41, 5.74) is 1.14. The molecule has 122 valence electrons. The molecule has 0 aromatic heterocycles. The maximum absolute atomic E-state index is 13.4. The normalized spacial score (nSPS) is 12.3. The first-order valence-corrected chi connectivity index (χ1v) is 7.79. The van der Waals surface area contributed by atoms with E-state index < -0.39 is 0 Å². The molecule has 1 N–H and O–H groups in total. The Bertz CT molecular complexity index is 707. The SMILES string of the molecule is CN(C)C(CNC(=O)c1ccc(Cl)cc1Cl)c1cccc(F)c1. The van der Waals surface area contributed by atoms with Gasteiger partial charge < -0.3 is 10.2 Å². The lowest BCUT2D eigenvalue weighted by Crippen LogP contribution is -2.34. The summed E-state index contributed by atoms with van der Waals surface area (Å²) < 4.78 is 13.4. The van der Waals surface area contributed by atoms with E-state index >= 15 is 0 Å². The zero-order valence-corrected chi connectivity index (χ0v) is 14.3. The van der Waals surface area contributed by atoms with Gasteiger partial charge in [0, 0.05) is 11.6 Å². The van der Waals surface area contributed by atoms with E-state index in [-0.39, 0.29) is 17.8 Å². The summed E-state index contributed by atoms with van der Waals surface area (Å²) >= 11 is 11.9. The average Bonchev–Trinajstić information content (AvgIpc) is 2.47. The van der Waals surface area contributed by atoms with E-state index in [2.05, 4.69) is 5.32 Å². The van der Waals surface area contributed by atoms with E-state index in [1.54, 1.807) is 18.2 Å². The van der Waals surface area contributed by atoms with Crippen LogP contribution in [0.25, 0.3) is 0 Å². The van der Waals surface area contributed by atoms with Gasteiger partial charge in [0.15, 0.2) is 0 Å². The van der Waals surface area contributed by atoms with E-state index in [1.807, 2.05) is 25.1 Å². The van der Waals surface area contributed by atoms with E-state index in [4.69, 9.17) is 23.2 Å². The van der Waals surface area contributed by atoms with Gasteiger partial charge in [-0.25, -0.2) is 4.39 Å². The largest absolute Gasteiger partial charge is 0.350 e. The van der Waals surface area contributed by atoms with E-state index in [9.17, 15) is 9.18 Å². The number of nitrogens with zero attached hydrogens (tertiary/aromatic N) is 1. The molecule has 0 bridgehead atoms. The fourth-order valence-electron chi connectivity index (χ4n) is 2.27. The van der Waals surface area contributed by atoms with Crippen molar-refractivity contribution in [3.8, 4) is 0 Å². The summed E-state index contributed by atoms with van der Waals surface area (Å²) in [7, 11) is 3.74. The van der Waals surface area contributed by atoms with Crippen molar-refractivity contribution in [1.82, 2.24) is 10.2 Å². The molecule has 6 heteroatoms. The van der Waals surface area contributed by atoms with Crippen LogP contribution in [0.4, 0.5) is 4.39 Å². The van der Waals surface area contributed by atoms with Crippen LogP contribution in [0.3, 0.4) is 0 Å². The maximum Gasteiger partial charge on any atom is 0.252 e. The fraction of sp³-hybridized carbons (Fsp3) is 0.235. The van der Waals surface area contributed by atoms with Crippen LogP contribution >= 0.6 is 23.2 Å². The third kappa shape index (κ3) is 4.67. The highest BCUT2D eigenvalue weighted by Gasteiger charge is 2.17. The first-order valence-electron chi connectivity index (χ1n) is 7.03. The van der Waals surface area contributed by atoms with Gasteiger partial charge in [-0.05, 0) is 50.0 Å². The van der Waals surface area contributed by atoms with Crippen LogP contribution in [0, 0.1) is 5.82 Å². The lowest BCUT2D eigenvalue weighted by atomic mass is 10.1. The molecule has 0 radical (unpaired) electrons. The van der Waals surface area contributed by atoms with Crippen LogP contribution in [0.5, 0.6) is 0 Å². The summed E-state index contributed by atoms with van der Waals surface area (Å²) in [6, 6.07) is 10.9. The van der Waals surface area contributed by atoms with E-state index in [1.165, 1.54) is 18.2 Å². The molecule has 2 aromatic rings. The highest BCUT2D eigenvalue weighted by molar-refractivity contribution is 6.36. The van der Waals surface area contributed by atoms with Crippen molar-refractivity contribution in [1.29, 1.82) is 0 Å². The molecule has 0 heterocycles. The number of halogens is 3. The smallest absolute Gasteiger partial charge is 0.252 e. The second-order valence-electron chi connectivity index (χ2n) is 5.37. The van der Waals surface area contributed by atoms with Gasteiger partial charge in [0.2, 0.25) is 0 Å². The molecule has 0 aliphatic rings. The van der Waals surface area contributed by atoms with Gasteiger partial charge in [0.05, 0.1) is 16.6 Å². The van der Waals surface area contributed by atoms with Crippen LogP contribution in [-0.2, 0) is 0 Å². The number of rotatable bonds is 5. The Hall–Kier alpha value is -1.62. The first-order chi connectivity index (χ1) is 10.9. The summed E-state index contributed by atoms with van der Waals surface area (Å²) in [5, 5.41) is 3.59. The highest BCUT2D eigenvalue weighted by atomic mass is 35.5. The Labute approximate surface area is 145 Å². The van der Waals surface area contributed by atoms with Crippen molar-refractivity contribution in [3.05, 3.63) is 69.5 Å². The minimum atomic E-state index is -0.304. The van der Waals surface area contributed by atoms with Crippen LogP contribution < -0.4 is 5.32 Å². The predicted octanol–water partition coefficient (Wildman–Crippen LogP) is 4.17. The second-order valence-corrected chi connectivity index (χ2v) is 6.21. The molecule has 2 rings (SSSR count). The van der Waals surface area contributed by atoms with Crippen molar-refractivity contribution in [2.24, 2.45) is 0 Å². The van der Waals surface area contributed by atoms with Gasteiger partial charge in [0.1, 0.15) is 5.82 Å². The molecule has 2 aromatic carbocycles. The number of carbonyl (C=O) groups is 1. The Morgan fingerprint density at radius 2 is 1.96 bits per heavy atom. The lowest BCUT2D eigenvalue weighted by molar-refractivity contribution is 0.0942. The number of amides is 1. The highest BCUT2D eigenvalue weighted by Crippen LogP contribution is 2.22. The molecule has 3 nitrogen and oxygen atoms in total. The molecule has 0 aliphatic carbocycles. The van der Waals surface area contributed by atoms with Gasteiger partial charge in [-0.1, -0.05) is 35.3 Å². The van der Waals surface area contributed by atoms with Gasteiger partial charge in [-0.15, -0.1) is 0 Å². The number of benzene rings is 2. The molecule has 0 saturated heterocycles. The number of hydrogen-bond donors (Lipinski definition) is 1. The zero-order valence-electron chi connectivity index (χ0n) is 12.8. The van der Waals surface area contributed by atoms with Gasteiger partial charge in [-0.2, -0.15) is 0 Å². The molecule has 1 unspecified atom stereocenters. The molecule has 0 fully saturated rings. The Kier molecular flexibility index (Phi) is 5.99. The summed E-state index contributed by atoms with van der Waals surface area (Å²) in [5.74, 6) is -0.601. The maximum atomic E-state index is 13.4. The minimum absolute atomic E-state index is 0.152. The lowest BCUT2D eigenvalue weighted by Gasteiger charge is -2.25. The average molecular weight is 355 g/mol. The predicted molar refractivity (Wildman–Crippen MR) is 91.6 cm³/mol. The summed E-state index contributed by atoms with van der Waals surface area (Å²) in [6.07, 6.45) is 0. The van der Waals surface area contributed by atoms with Gasteiger partial charge in [-0.3, -0.25) is 4.79 Å². The molecular weight excluding hydrogens is 338 g/mol. The van der Waals surface area contributed by atoms with Crippen molar-refractivity contribution in [3.63, 3.8) is 0 Å². The molecule has 0 spiro atoms. The zero-order chi connectivity index (χ0) is 17.0. The summed E-state index contributed by atoms with van der Waals surface area (Å²) in [6.45, 7) is 0.328. The monoisotopic (exact) mass is 354 g/mol. The molecular formula is C17H17Cl2FN2O. The van der Waals surface area contributed by atoms with Crippen LogP contribution in [-0.4, -0.2) is 31.4 Å². The third-order valence-electron chi connectivity index (χ3n) is 3.49. The van der Waals surface area contributed by atoms with Crippen LogP contribution in [0.1, 0.15) is 22.0 Å². The van der Waals surface area contributed by atoms with Gasteiger partial charge >= 0.3 is 0 Å². The molecule has 0 aliphatic heterocycles. The standard InChI is InChI=1S/C17H17Cl2FN2O/c1-22(2)16(11-4-3-5-13(20)8-11)10-21-17(23)14-7-6-12(18)9-15(14)19/h3-9,16H,10H2,1-2H3,(H,21,23). The number of hydrogen-bond acceptors (Lipinski definition) is 2.